The molecule has 0 aromatic heterocycles. The minimum atomic E-state index is -0.595. The summed E-state index contributed by atoms with van der Waals surface area (Å²) in [6.45, 7) is 7.82. The van der Waals surface area contributed by atoms with Crippen LogP contribution in [0.1, 0.15) is 52.5 Å². The molecule has 3 rings (SSSR count). The van der Waals surface area contributed by atoms with Crippen molar-refractivity contribution in [2.45, 2.75) is 83.4 Å². The number of likely N-dealkylation sites (tertiary alicyclic amines) is 1. The van der Waals surface area contributed by atoms with E-state index in [2.05, 4.69) is 0 Å². The third-order valence-electron chi connectivity index (χ3n) is 5.42. The molecule has 2 saturated heterocycles. The Morgan fingerprint density at radius 2 is 1.86 bits per heavy atom. The minimum absolute atomic E-state index is 0.0932. The number of carbonyl (C=O) groups is 2. The van der Waals surface area contributed by atoms with Gasteiger partial charge in [0.2, 0.25) is 0 Å². The van der Waals surface area contributed by atoms with Gasteiger partial charge in [0.15, 0.2) is 0 Å². The third kappa shape index (κ3) is 5.21. The summed E-state index contributed by atoms with van der Waals surface area (Å²) in [6.07, 6.45) is 0.629. The number of amides is 2. The molecule has 0 saturated carbocycles. The molecule has 2 fully saturated rings. The lowest BCUT2D eigenvalue weighted by atomic mass is 9.97. The van der Waals surface area contributed by atoms with Gasteiger partial charge in [0, 0.05) is 6.54 Å². The SMILES string of the molecule is CC(O)C[C@@H]1[C@H]2CC[C@@H](CN1C(=O)OCc1ccccc1)N2C(=O)OC(C)(C)C. The second-order valence-corrected chi connectivity index (χ2v) is 9.03. The summed E-state index contributed by atoms with van der Waals surface area (Å²) in [6, 6.07) is 8.96. The Balaban J connectivity index is 1.73. The van der Waals surface area contributed by atoms with Gasteiger partial charge in [-0.25, -0.2) is 9.59 Å². The largest absolute Gasteiger partial charge is 0.445 e. The number of carbonyl (C=O) groups excluding carboxylic acids is 2. The van der Waals surface area contributed by atoms with Gasteiger partial charge in [0.1, 0.15) is 12.2 Å². The van der Waals surface area contributed by atoms with Crippen molar-refractivity contribution in [1.29, 1.82) is 0 Å². The maximum absolute atomic E-state index is 12.9. The van der Waals surface area contributed by atoms with Gasteiger partial charge >= 0.3 is 12.2 Å². The Labute approximate surface area is 172 Å². The van der Waals surface area contributed by atoms with Crippen molar-refractivity contribution in [2.24, 2.45) is 0 Å². The fourth-order valence-corrected chi connectivity index (χ4v) is 4.28. The molecule has 0 radical (unpaired) electrons. The first kappa shape index (κ1) is 21.4. The highest BCUT2D eigenvalue weighted by molar-refractivity contribution is 5.72. The molecule has 4 atom stereocenters. The summed E-state index contributed by atoms with van der Waals surface area (Å²) in [5.74, 6) is 0. The number of benzene rings is 1. The summed E-state index contributed by atoms with van der Waals surface area (Å²) in [5.41, 5.74) is 0.338. The van der Waals surface area contributed by atoms with Crippen molar-refractivity contribution in [3.05, 3.63) is 35.9 Å². The highest BCUT2D eigenvalue weighted by Gasteiger charge is 2.51. The lowest BCUT2D eigenvalue weighted by molar-refractivity contribution is -0.0308. The zero-order valence-electron chi connectivity index (χ0n) is 17.7. The van der Waals surface area contributed by atoms with E-state index in [0.29, 0.717) is 13.0 Å². The maximum atomic E-state index is 12.9. The topological polar surface area (TPSA) is 79.3 Å². The zero-order valence-corrected chi connectivity index (χ0v) is 17.7. The number of hydrogen-bond acceptors (Lipinski definition) is 5. The van der Waals surface area contributed by atoms with Gasteiger partial charge in [0.05, 0.1) is 24.2 Å². The molecule has 7 nitrogen and oxygen atoms in total. The van der Waals surface area contributed by atoms with E-state index in [1.165, 1.54) is 0 Å². The van der Waals surface area contributed by atoms with Crippen molar-refractivity contribution >= 4 is 12.2 Å². The predicted molar refractivity (Wildman–Crippen MR) is 108 cm³/mol. The van der Waals surface area contributed by atoms with Crippen LogP contribution < -0.4 is 0 Å². The maximum Gasteiger partial charge on any atom is 0.410 e. The molecule has 1 aromatic rings. The first-order valence-corrected chi connectivity index (χ1v) is 10.3. The van der Waals surface area contributed by atoms with Crippen molar-refractivity contribution in [2.75, 3.05) is 6.54 Å². The van der Waals surface area contributed by atoms with E-state index in [1.807, 2.05) is 51.1 Å². The van der Waals surface area contributed by atoms with Gasteiger partial charge in [0.25, 0.3) is 0 Å². The van der Waals surface area contributed by atoms with E-state index in [-0.39, 0.29) is 30.8 Å². The first-order chi connectivity index (χ1) is 13.7. The molecule has 2 aliphatic heterocycles. The molecule has 2 amide bonds. The second kappa shape index (κ2) is 8.61. The Bertz CT molecular complexity index is 716. The molecule has 160 valence electrons. The first-order valence-electron chi connectivity index (χ1n) is 10.3. The Morgan fingerprint density at radius 3 is 2.48 bits per heavy atom. The Hall–Kier alpha value is -2.28. The van der Waals surface area contributed by atoms with Crippen LogP contribution in [0.4, 0.5) is 9.59 Å². The van der Waals surface area contributed by atoms with E-state index in [4.69, 9.17) is 9.47 Å². The highest BCUT2D eigenvalue weighted by atomic mass is 16.6. The molecule has 2 bridgehead atoms. The monoisotopic (exact) mass is 404 g/mol. The van der Waals surface area contributed by atoms with Gasteiger partial charge < -0.3 is 19.5 Å². The van der Waals surface area contributed by atoms with Crippen LogP contribution in [-0.4, -0.2) is 63.5 Å². The zero-order chi connectivity index (χ0) is 21.2. The second-order valence-electron chi connectivity index (χ2n) is 9.03. The van der Waals surface area contributed by atoms with Crippen LogP contribution in [0.15, 0.2) is 30.3 Å². The summed E-state index contributed by atoms with van der Waals surface area (Å²) in [5, 5.41) is 10.0. The van der Waals surface area contributed by atoms with E-state index >= 15 is 0 Å². The fraction of sp³-hybridized carbons (Fsp3) is 0.636. The minimum Gasteiger partial charge on any atom is -0.445 e. The number of aliphatic hydroxyl groups is 1. The van der Waals surface area contributed by atoms with Crippen molar-refractivity contribution in [3.8, 4) is 0 Å². The number of fused-ring (bicyclic) bond motifs is 2. The van der Waals surface area contributed by atoms with Crippen molar-refractivity contribution < 1.29 is 24.2 Å². The molecule has 2 heterocycles. The van der Waals surface area contributed by atoms with E-state index < -0.39 is 17.8 Å². The van der Waals surface area contributed by atoms with Crippen LogP contribution in [0, 0.1) is 0 Å². The van der Waals surface area contributed by atoms with Crippen LogP contribution in [0.3, 0.4) is 0 Å². The lowest BCUT2D eigenvalue weighted by Crippen LogP contribution is -2.63. The van der Waals surface area contributed by atoms with Gasteiger partial charge in [-0.15, -0.1) is 0 Å². The summed E-state index contributed by atoms with van der Waals surface area (Å²) in [7, 11) is 0. The van der Waals surface area contributed by atoms with Crippen molar-refractivity contribution in [3.63, 3.8) is 0 Å². The Morgan fingerprint density at radius 1 is 1.17 bits per heavy atom. The third-order valence-corrected chi connectivity index (χ3v) is 5.42. The highest BCUT2D eigenvalue weighted by Crippen LogP contribution is 2.37. The summed E-state index contributed by atoms with van der Waals surface area (Å²) >= 11 is 0. The quantitative estimate of drug-likeness (QED) is 0.830. The van der Waals surface area contributed by atoms with Gasteiger partial charge in [-0.1, -0.05) is 30.3 Å². The van der Waals surface area contributed by atoms with E-state index in [9.17, 15) is 14.7 Å². The van der Waals surface area contributed by atoms with E-state index in [0.717, 1.165) is 18.4 Å². The van der Waals surface area contributed by atoms with Crippen LogP contribution >= 0.6 is 0 Å². The number of piperazine rings is 1. The lowest BCUT2D eigenvalue weighted by Gasteiger charge is -2.46. The van der Waals surface area contributed by atoms with Crippen LogP contribution in [0.5, 0.6) is 0 Å². The average Bonchev–Trinajstić information content (AvgIpc) is 2.97. The number of hydrogen-bond donors (Lipinski definition) is 1. The number of aliphatic hydroxyl groups excluding tert-OH is 1. The van der Waals surface area contributed by atoms with Crippen LogP contribution in [0.25, 0.3) is 0 Å². The Kier molecular flexibility index (Phi) is 6.36. The molecule has 0 aliphatic carbocycles. The number of ether oxygens (including phenoxy) is 2. The molecular formula is C22H32N2O5. The van der Waals surface area contributed by atoms with Crippen molar-refractivity contribution in [1.82, 2.24) is 9.80 Å². The summed E-state index contributed by atoms with van der Waals surface area (Å²) in [4.78, 5) is 29.1. The summed E-state index contributed by atoms with van der Waals surface area (Å²) < 4.78 is 11.2. The normalized spacial score (nSPS) is 24.9. The molecule has 2 aliphatic rings. The molecule has 1 unspecified atom stereocenters. The molecule has 1 N–H and O–H groups in total. The fourth-order valence-electron chi connectivity index (χ4n) is 4.28. The molecule has 7 heteroatoms. The molecular weight excluding hydrogens is 372 g/mol. The van der Waals surface area contributed by atoms with Crippen LogP contribution in [-0.2, 0) is 16.1 Å². The number of nitrogens with zero attached hydrogens (tertiary/aromatic N) is 2. The average molecular weight is 405 g/mol. The van der Waals surface area contributed by atoms with Gasteiger partial charge in [-0.3, -0.25) is 4.90 Å². The standard InChI is InChI=1S/C22H32N2O5/c1-15(25)12-19-18-11-10-17(24(18)21(27)29-22(2,3)4)13-23(19)20(26)28-14-16-8-6-5-7-9-16/h5-9,15,17-19,25H,10-14H2,1-4H3/t15?,17-,18+,19+/m0/s1. The van der Waals surface area contributed by atoms with Gasteiger partial charge in [-0.2, -0.15) is 0 Å². The molecule has 0 spiro atoms. The predicted octanol–water partition coefficient (Wildman–Crippen LogP) is 3.55. The number of rotatable bonds is 4. The van der Waals surface area contributed by atoms with Gasteiger partial charge in [-0.05, 0) is 52.5 Å². The van der Waals surface area contributed by atoms with E-state index in [1.54, 1.807) is 16.7 Å². The van der Waals surface area contributed by atoms with Crippen LogP contribution in [0.2, 0.25) is 0 Å². The molecule has 29 heavy (non-hydrogen) atoms. The molecule has 1 aromatic carbocycles. The smallest absolute Gasteiger partial charge is 0.410 e.